The van der Waals surface area contributed by atoms with E-state index in [1.165, 1.54) is 43.3 Å². The second-order valence-corrected chi connectivity index (χ2v) is 8.58. The van der Waals surface area contributed by atoms with Crippen molar-refractivity contribution in [3.05, 3.63) is 58.7 Å². The van der Waals surface area contributed by atoms with Gasteiger partial charge in [-0.05, 0) is 73.7 Å². The van der Waals surface area contributed by atoms with E-state index in [-0.39, 0.29) is 12.5 Å². The Morgan fingerprint density at radius 1 is 1.03 bits per heavy atom. The normalized spacial score (nSPS) is 16.8. The highest BCUT2D eigenvalue weighted by atomic mass is 16.2. The molecule has 2 aromatic carbocycles. The average molecular weight is 404 g/mol. The molecule has 0 aliphatic carbocycles. The number of fused-ring (bicyclic) bond motifs is 2. The van der Waals surface area contributed by atoms with Crippen LogP contribution >= 0.6 is 0 Å². The standard InChI is InChI=1S/C25H29N3O2/c29-12-4-5-18-7-8-20(24-21(18)15-26-25(24)30)23-14-19-13-17(6-9-22(19)27-23)16-28-10-2-1-3-11-28/h6-9,13-14,27,29H,1-5,10-12,15-16H2,(H,26,30). The number of aryl methyl sites for hydroxylation is 1. The summed E-state index contributed by atoms with van der Waals surface area (Å²) >= 11 is 0. The molecule has 0 saturated carbocycles. The fourth-order valence-corrected chi connectivity index (χ4v) is 4.94. The number of aromatic amines is 1. The zero-order valence-electron chi connectivity index (χ0n) is 17.3. The maximum atomic E-state index is 12.6. The Morgan fingerprint density at radius 2 is 1.90 bits per heavy atom. The Labute approximate surface area is 177 Å². The minimum absolute atomic E-state index is 0.00436. The molecule has 0 spiro atoms. The summed E-state index contributed by atoms with van der Waals surface area (Å²) < 4.78 is 0. The molecular formula is C25H29N3O2. The summed E-state index contributed by atoms with van der Waals surface area (Å²) in [5.41, 5.74) is 7.41. The molecule has 1 aromatic heterocycles. The van der Waals surface area contributed by atoms with Gasteiger partial charge in [-0.25, -0.2) is 0 Å². The molecule has 1 amide bonds. The van der Waals surface area contributed by atoms with Gasteiger partial charge >= 0.3 is 0 Å². The van der Waals surface area contributed by atoms with Crippen LogP contribution in [-0.2, 0) is 19.5 Å². The summed E-state index contributed by atoms with van der Waals surface area (Å²) in [5, 5.41) is 13.3. The largest absolute Gasteiger partial charge is 0.396 e. The molecule has 0 unspecified atom stereocenters. The first-order valence-electron chi connectivity index (χ1n) is 11.1. The van der Waals surface area contributed by atoms with E-state index in [4.69, 9.17) is 0 Å². The van der Waals surface area contributed by atoms with E-state index in [1.807, 2.05) is 0 Å². The fourth-order valence-electron chi connectivity index (χ4n) is 4.94. The number of aliphatic hydroxyl groups is 1. The summed E-state index contributed by atoms with van der Waals surface area (Å²) in [5.74, 6) is -0.00436. The molecule has 2 aliphatic heterocycles. The lowest BCUT2D eigenvalue weighted by Gasteiger charge is -2.26. The van der Waals surface area contributed by atoms with Crippen LogP contribution in [0.25, 0.3) is 22.2 Å². The van der Waals surface area contributed by atoms with Crippen molar-refractivity contribution >= 4 is 16.8 Å². The Balaban J connectivity index is 1.47. The number of H-pyrrole nitrogens is 1. The van der Waals surface area contributed by atoms with Crippen molar-refractivity contribution in [2.45, 2.75) is 45.2 Å². The van der Waals surface area contributed by atoms with Gasteiger partial charge in [-0.15, -0.1) is 0 Å². The Kier molecular flexibility index (Phi) is 5.32. The minimum Gasteiger partial charge on any atom is -0.396 e. The Bertz CT molecular complexity index is 1080. The number of carbonyl (C=O) groups is 1. The molecule has 30 heavy (non-hydrogen) atoms. The monoisotopic (exact) mass is 403 g/mol. The first-order valence-corrected chi connectivity index (χ1v) is 11.1. The van der Waals surface area contributed by atoms with Crippen LogP contribution in [-0.4, -0.2) is 40.6 Å². The molecule has 1 saturated heterocycles. The van der Waals surface area contributed by atoms with Crippen LogP contribution in [0.1, 0.15) is 52.7 Å². The summed E-state index contributed by atoms with van der Waals surface area (Å²) in [6.45, 7) is 4.14. The van der Waals surface area contributed by atoms with Crippen LogP contribution in [0, 0.1) is 0 Å². The number of piperidine rings is 1. The van der Waals surface area contributed by atoms with E-state index in [0.29, 0.717) is 13.0 Å². The fraction of sp³-hybridized carbons (Fsp3) is 0.400. The molecule has 0 radical (unpaired) electrons. The van der Waals surface area contributed by atoms with Crippen LogP contribution in [0.2, 0.25) is 0 Å². The quantitative estimate of drug-likeness (QED) is 0.583. The first kappa shape index (κ1) is 19.3. The van der Waals surface area contributed by atoms with Gasteiger partial charge in [0.05, 0.1) is 5.56 Å². The number of aliphatic hydroxyl groups excluding tert-OH is 1. The van der Waals surface area contributed by atoms with Crippen LogP contribution in [0.4, 0.5) is 0 Å². The molecule has 5 rings (SSSR count). The summed E-state index contributed by atoms with van der Waals surface area (Å²) in [6, 6.07) is 13.0. The van der Waals surface area contributed by atoms with Crippen molar-refractivity contribution in [1.82, 2.24) is 15.2 Å². The summed E-state index contributed by atoms with van der Waals surface area (Å²) in [4.78, 5) is 18.7. The van der Waals surface area contributed by atoms with E-state index in [0.717, 1.165) is 46.4 Å². The molecule has 0 bridgehead atoms. The topological polar surface area (TPSA) is 68.4 Å². The number of hydrogen-bond donors (Lipinski definition) is 3. The van der Waals surface area contributed by atoms with Gasteiger partial charge in [-0.3, -0.25) is 9.69 Å². The van der Waals surface area contributed by atoms with Crippen molar-refractivity contribution < 1.29 is 9.90 Å². The smallest absolute Gasteiger partial charge is 0.252 e. The molecule has 5 nitrogen and oxygen atoms in total. The molecule has 156 valence electrons. The van der Waals surface area contributed by atoms with Gasteiger partial charge in [0.2, 0.25) is 0 Å². The highest BCUT2D eigenvalue weighted by Gasteiger charge is 2.26. The SMILES string of the molecule is O=C1NCc2c(CCCO)ccc(-c3cc4cc(CN5CCCCC5)ccc4[nH]3)c21. The highest BCUT2D eigenvalue weighted by molar-refractivity contribution is 6.05. The molecule has 2 aliphatic rings. The van der Waals surface area contributed by atoms with Crippen LogP contribution in [0.3, 0.4) is 0 Å². The lowest BCUT2D eigenvalue weighted by Crippen LogP contribution is -2.28. The number of rotatable bonds is 6. The van der Waals surface area contributed by atoms with E-state index in [2.05, 4.69) is 51.6 Å². The third-order valence-electron chi connectivity index (χ3n) is 6.50. The summed E-state index contributed by atoms with van der Waals surface area (Å²) in [6.07, 6.45) is 5.47. The Hall–Kier alpha value is -2.63. The van der Waals surface area contributed by atoms with Gasteiger partial charge in [-0.1, -0.05) is 24.6 Å². The maximum absolute atomic E-state index is 12.6. The third-order valence-corrected chi connectivity index (χ3v) is 6.50. The molecule has 3 aromatic rings. The average Bonchev–Trinajstić information content (AvgIpc) is 3.37. The number of aromatic nitrogens is 1. The van der Waals surface area contributed by atoms with Crippen molar-refractivity contribution in [3.63, 3.8) is 0 Å². The van der Waals surface area contributed by atoms with Gasteiger partial charge in [0, 0.05) is 41.9 Å². The van der Waals surface area contributed by atoms with Crippen LogP contribution in [0.15, 0.2) is 36.4 Å². The Morgan fingerprint density at radius 3 is 2.73 bits per heavy atom. The van der Waals surface area contributed by atoms with E-state index >= 15 is 0 Å². The predicted molar refractivity (Wildman–Crippen MR) is 119 cm³/mol. The predicted octanol–water partition coefficient (Wildman–Crippen LogP) is 3.99. The molecule has 0 atom stereocenters. The van der Waals surface area contributed by atoms with Crippen LogP contribution in [0.5, 0.6) is 0 Å². The number of carbonyl (C=O) groups excluding carboxylic acids is 1. The number of hydrogen-bond acceptors (Lipinski definition) is 3. The van der Waals surface area contributed by atoms with Gasteiger partial charge < -0.3 is 15.4 Å². The van der Waals surface area contributed by atoms with Gasteiger partial charge in [0.25, 0.3) is 5.91 Å². The first-order chi connectivity index (χ1) is 14.7. The van der Waals surface area contributed by atoms with Crippen molar-refractivity contribution in [2.75, 3.05) is 19.7 Å². The lowest BCUT2D eigenvalue weighted by atomic mass is 9.94. The van der Waals surface area contributed by atoms with Crippen LogP contribution < -0.4 is 5.32 Å². The highest BCUT2D eigenvalue weighted by Crippen LogP contribution is 2.33. The van der Waals surface area contributed by atoms with E-state index in [9.17, 15) is 9.90 Å². The zero-order chi connectivity index (χ0) is 20.5. The number of amides is 1. The van der Waals surface area contributed by atoms with Crippen molar-refractivity contribution in [3.8, 4) is 11.3 Å². The third kappa shape index (κ3) is 3.64. The van der Waals surface area contributed by atoms with Gasteiger partial charge in [-0.2, -0.15) is 0 Å². The molecule has 3 heterocycles. The summed E-state index contributed by atoms with van der Waals surface area (Å²) in [7, 11) is 0. The number of nitrogens with one attached hydrogen (secondary N) is 2. The van der Waals surface area contributed by atoms with E-state index in [1.54, 1.807) is 0 Å². The maximum Gasteiger partial charge on any atom is 0.252 e. The molecule has 1 fully saturated rings. The molecule has 5 heteroatoms. The molecule has 3 N–H and O–H groups in total. The second-order valence-electron chi connectivity index (χ2n) is 8.58. The lowest BCUT2D eigenvalue weighted by molar-refractivity contribution is 0.0966. The van der Waals surface area contributed by atoms with Crippen molar-refractivity contribution in [1.29, 1.82) is 0 Å². The number of likely N-dealkylation sites (tertiary alicyclic amines) is 1. The van der Waals surface area contributed by atoms with E-state index < -0.39 is 0 Å². The van der Waals surface area contributed by atoms with Gasteiger partial charge in [0.1, 0.15) is 0 Å². The minimum atomic E-state index is -0.00436. The molecular weight excluding hydrogens is 374 g/mol. The van der Waals surface area contributed by atoms with Crippen molar-refractivity contribution in [2.24, 2.45) is 0 Å². The second kappa shape index (κ2) is 8.25. The van der Waals surface area contributed by atoms with Gasteiger partial charge in [0.15, 0.2) is 0 Å². The zero-order valence-corrected chi connectivity index (χ0v) is 17.3. The number of benzene rings is 2. The number of nitrogens with zero attached hydrogens (tertiary/aromatic N) is 1.